The van der Waals surface area contributed by atoms with Gasteiger partial charge in [-0.25, -0.2) is 9.18 Å². The lowest BCUT2D eigenvalue weighted by atomic mass is 9.69. The Labute approximate surface area is 186 Å². The van der Waals surface area contributed by atoms with Crippen molar-refractivity contribution in [3.63, 3.8) is 0 Å². The molecule has 2 amide bonds. The summed E-state index contributed by atoms with van der Waals surface area (Å²) in [6.45, 7) is 1.89. The molecule has 1 atom stereocenters. The molecule has 2 aliphatic rings. The molecule has 168 valence electrons. The molecule has 0 radical (unpaired) electrons. The standard InChI is InChI=1S/C24H27FN4O3/c1-27-12-24(13-27)14-29(23(31)26-16-6-4-5-15(25)9-16)20(11-30)22-21(24)18-8-7-17(32-3)10-19(18)28(22)2/h4-10,20,30H,11-14H2,1-3H3,(H,26,31)/t20-/m0/s1. The Balaban J connectivity index is 1.62. The van der Waals surface area contributed by atoms with E-state index in [0.717, 1.165) is 35.4 Å². The van der Waals surface area contributed by atoms with E-state index in [-0.39, 0.29) is 18.1 Å². The second kappa shape index (κ2) is 7.50. The van der Waals surface area contributed by atoms with Crippen molar-refractivity contribution in [2.45, 2.75) is 11.5 Å². The Morgan fingerprint density at radius 2 is 2.00 bits per heavy atom. The highest BCUT2D eigenvalue weighted by molar-refractivity contribution is 5.92. The first-order valence-corrected chi connectivity index (χ1v) is 10.7. The van der Waals surface area contributed by atoms with Gasteiger partial charge in [-0.2, -0.15) is 0 Å². The number of methoxy groups -OCH3 is 1. The number of urea groups is 1. The number of amides is 2. The number of carbonyl (C=O) groups is 1. The highest BCUT2D eigenvalue weighted by atomic mass is 19.1. The van der Waals surface area contributed by atoms with E-state index >= 15 is 0 Å². The Kier molecular flexibility index (Phi) is 4.87. The predicted molar refractivity (Wildman–Crippen MR) is 121 cm³/mol. The molecule has 5 rings (SSSR count). The SMILES string of the molecule is COc1ccc2c3c(n(C)c2c1)[C@H](CO)N(C(=O)Nc1cccc(F)c1)CC31CN(C)C1. The first-order chi connectivity index (χ1) is 15.4. The van der Waals surface area contributed by atoms with Crippen LogP contribution in [-0.2, 0) is 12.5 Å². The van der Waals surface area contributed by atoms with E-state index in [1.165, 1.54) is 17.7 Å². The van der Waals surface area contributed by atoms with Crippen LogP contribution in [0.3, 0.4) is 0 Å². The number of rotatable bonds is 3. The molecule has 7 nitrogen and oxygen atoms in total. The fourth-order valence-electron chi connectivity index (χ4n) is 5.58. The lowest BCUT2D eigenvalue weighted by Gasteiger charge is -2.55. The summed E-state index contributed by atoms with van der Waals surface area (Å²) in [4.78, 5) is 17.3. The number of likely N-dealkylation sites (N-methyl/N-ethyl adjacent to an activating group) is 1. The van der Waals surface area contributed by atoms with Crippen LogP contribution in [0.1, 0.15) is 17.3 Å². The van der Waals surface area contributed by atoms with Crippen molar-refractivity contribution in [1.29, 1.82) is 0 Å². The average molecular weight is 439 g/mol. The van der Waals surface area contributed by atoms with Crippen molar-refractivity contribution in [3.8, 4) is 5.75 Å². The van der Waals surface area contributed by atoms with E-state index in [9.17, 15) is 14.3 Å². The number of aryl methyl sites for hydroxylation is 1. The molecule has 0 unspecified atom stereocenters. The Morgan fingerprint density at radius 1 is 1.22 bits per heavy atom. The zero-order chi connectivity index (χ0) is 22.6. The van der Waals surface area contributed by atoms with Crippen LogP contribution in [-0.4, -0.2) is 65.9 Å². The number of likely N-dealkylation sites (tertiary alicyclic amines) is 1. The van der Waals surface area contributed by atoms with E-state index in [4.69, 9.17) is 4.74 Å². The van der Waals surface area contributed by atoms with E-state index in [2.05, 4.69) is 27.9 Å². The number of fused-ring (bicyclic) bond motifs is 4. The number of aliphatic hydroxyl groups is 1. The molecule has 32 heavy (non-hydrogen) atoms. The minimum Gasteiger partial charge on any atom is -0.497 e. The topological polar surface area (TPSA) is 70.0 Å². The van der Waals surface area contributed by atoms with Gasteiger partial charge in [-0.3, -0.25) is 0 Å². The van der Waals surface area contributed by atoms with Gasteiger partial charge in [0.2, 0.25) is 0 Å². The van der Waals surface area contributed by atoms with Crippen LogP contribution in [0.2, 0.25) is 0 Å². The van der Waals surface area contributed by atoms with Crippen LogP contribution in [0, 0.1) is 5.82 Å². The summed E-state index contributed by atoms with van der Waals surface area (Å²) in [6.07, 6.45) is 0. The zero-order valence-corrected chi connectivity index (χ0v) is 18.4. The molecule has 3 heterocycles. The summed E-state index contributed by atoms with van der Waals surface area (Å²) in [5.41, 5.74) is 3.30. The molecule has 8 heteroatoms. The summed E-state index contributed by atoms with van der Waals surface area (Å²) in [6, 6.07) is 11.0. The average Bonchev–Trinajstić information content (AvgIpc) is 3.05. The maximum absolute atomic E-state index is 13.6. The third kappa shape index (κ3) is 3.05. The highest BCUT2D eigenvalue weighted by Gasteiger charge is 2.53. The first-order valence-electron chi connectivity index (χ1n) is 10.7. The largest absolute Gasteiger partial charge is 0.497 e. The maximum atomic E-state index is 13.6. The number of aromatic nitrogens is 1. The highest BCUT2D eigenvalue weighted by Crippen LogP contribution is 2.49. The number of nitrogens with zero attached hydrogens (tertiary/aromatic N) is 3. The van der Waals surface area contributed by atoms with E-state index in [1.54, 1.807) is 24.1 Å². The number of anilines is 1. The van der Waals surface area contributed by atoms with E-state index < -0.39 is 11.9 Å². The summed E-state index contributed by atoms with van der Waals surface area (Å²) >= 11 is 0. The number of hydrogen-bond donors (Lipinski definition) is 2. The van der Waals surface area contributed by atoms with E-state index in [0.29, 0.717) is 12.2 Å². The second-order valence-electron chi connectivity index (χ2n) is 8.92. The van der Waals surface area contributed by atoms with Gasteiger partial charge in [-0.15, -0.1) is 0 Å². The Bertz CT molecular complexity index is 1200. The first kappa shape index (κ1) is 20.8. The number of halogens is 1. The molecule has 1 fully saturated rings. The number of carbonyl (C=O) groups excluding carboxylic acids is 1. The van der Waals surface area contributed by atoms with Gasteiger partial charge >= 0.3 is 6.03 Å². The van der Waals surface area contributed by atoms with Crippen LogP contribution in [0.4, 0.5) is 14.9 Å². The van der Waals surface area contributed by atoms with Gasteiger partial charge < -0.3 is 29.5 Å². The quantitative estimate of drug-likeness (QED) is 0.660. The number of hydrogen-bond acceptors (Lipinski definition) is 4. The number of nitrogens with one attached hydrogen (secondary N) is 1. The van der Waals surface area contributed by atoms with Crippen molar-refractivity contribution >= 4 is 22.6 Å². The van der Waals surface area contributed by atoms with Crippen LogP contribution in [0.25, 0.3) is 10.9 Å². The van der Waals surface area contributed by atoms with Crippen LogP contribution < -0.4 is 10.1 Å². The van der Waals surface area contributed by atoms with Gasteiger partial charge in [0.05, 0.1) is 25.3 Å². The summed E-state index contributed by atoms with van der Waals surface area (Å²) in [7, 11) is 5.67. The molecule has 0 saturated carbocycles. The molecule has 1 aromatic heterocycles. The summed E-state index contributed by atoms with van der Waals surface area (Å²) < 4.78 is 21.1. The zero-order valence-electron chi connectivity index (χ0n) is 18.4. The number of ether oxygens (including phenoxy) is 1. The summed E-state index contributed by atoms with van der Waals surface area (Å²) in [5.74, 6) is 0.346. The van der Waals surface area contributed by atoms with Gasteiger partial charge in [0.25, 0.3) is 0 Å². The molecular formula is C24H27FN4O3. The Hall–Kier alpha value is -3.10. The van der Waals surface area contributed by atoms with Crippen LogP contribution >= 0.6 is 0 Å². The van der Waals surface area contributed by atoms with Gasteiger partial charge in [0, 0.05) is 54.9 Å². The molecule has 2 N–H and O–H groups in total. The van der Waals surface area contributed by atoms with Gasteiger partial charge in [0.1, 0.15) is 11.6 Å². The number of aliphatic hydroxyl groups excluding tert-OH is 1. The molecule has 2 aromatic carbocycles. The normalized spacial score (nSPS) is 19.7. The molecular weight excluding hydrogens is 411 g/mol. The fourth-order valence-corrected chi connectivity index (χ4v) is 5.58. The molecule has 0 aliphatic carbocycles. The molecule has 1 saturated heterocycles. The molecule has 3 aromatic rings. The lowest BCUT2D eigenvalue weighted by Crippen LogP contribution is -2.66. The molecule has 1 spiro atoms. The van der Waals surface area contributed by atoms with Gasteiger partial charge in [-0.05, 0) is 42.9 Å². The number of benzene rings is 2. The monoisotopic (exact) mass is 438 g/mol. The lowest BCUT2D eigenvalue weighted by molar-refractivity contribution is 0.0274. The summed E-state index contributed by atoms with van der Waals surface area (Å²) in [5, 5.41) is 14.3. The maximum Gasteiger partial charge on any atom is 0.322 e. The molecule has 0 bridgehead atoms. The van der Waals surface area contributed by atoms with Crippen LogP contribution in [0.15, 0.2) is 42.5 Å². The predicted octanol–water partition coefficient (Wildman–Crippen LogP) is 3.09. The van der Waals surface area contributed by atoms with E-state index in [1.807, 2.05) is 19.2 Å². The van der Waals surface area contributed by atoms with Crippen molar-refractivity contribution in [2.24, 2.45) is 7.05 Å². The van der Waals surface area contributed by atoms with Gasteiger partial charge in [-0.1, -0.05) is 6.07 Å². The minimum atomic E-state index is -0.515. The van der Waals surface area contributed by atoms with Crippen LogP contribution in [0.5, 0.6) is 5.75 Å². The van der Waals surface area contributed by atoms with Crippen molar-refractivity contribution in [3.05, 3.63) is 59.5 Å². The third-order valence-electron chi connectivity index (χ3n) is 6.80. The molecule has 2 aliphatic heterocycles. The Morgan fingerprint density at radius 3 is 2.66 bits per heavy atom. The third-order valence-corrected chi connectivity index (χ3v) is 6.80. The van der Waals surface area contributed by atoms with Crippen molar-refractivity contribution in [1.82, 2.24) is 14.4 Å². The van der Waals surface area contributed by atoms with Crippen molar-refractivity contribution in [2.75, 3.05) is 45.7 Å². The minimum absolute atomic E-state index is 0.212. The smallest absolute Gasteiger partial charge is 0.322 e. The van der Waals surface area contributed by atoms with Crippen molar-refractivity contribution < 1.29 is 19.0 Å². The second-order valence-corrected chi connectivity index (χ2v) is 8.92. The van der Waals surface area contributed by atoms with Gasteiger partial charge in [0.15, 0.2) is 0 Å². The fraction of sp³-hybridized carbons (Fsp3) is 0.375.